The molecule has 0 spiro atoms. The maximum absolute atomic E-state index is 11.5. The summed E-state index contributed by atoms with van der Waals surface area (Å²) < 4.78 is 0.610. The number of aromatic nitrogens is 3. The number of halogens is 1. The van der Waals surface area contributed by atoms with Gasteiger partial charge >= 0.3 is 0 Å². The minimum absolute atomic E-state index is 0.107. The maximum Gasteiger partial charge on any atom is 0.265 e. The molecule has 3 rings (SSSR count). The van der Waals surface area contributed by atoms with E-state index in [2.05, 4.69) is 21.0 Å². The molecule has 0 atom stereocenters. The summed E-state index contributed by atoms with van der Waals surface area (Å²) in [6.07, 6.45) is 1.43. The SMILES string of the molecule is O=c1[nH]cnc(Sc2cc3ccccc3[nH]2)c1I. The molecule has 0 radical (unpaired) electrons. The van der Waals surface area contributed by atoms with E-state index >= 15 is 0 Å². The normalized spacial score (nSPS) is 10.9. The first-order chi connectivity index (χ1) is 8.74. The van der Waals surface area contributed by atoms with Gasteiger partial charge in [0, 0.05) is 10.9 Å². The van der Waals surface area contributed by atoms with Crippen molar-refractivity contribution in [1.29, 1.82) is 0 Å². The summed E-state index contributed by atoms with van der Waals surface area (Å²) in [7, 11) is 0. The molecule has 0 unspecified atom stereocenters. The van der Waals surface area contributed by atoms with Gasteiger partial charge in [-0.25, -0.2) is 4.98 Å². The van der Waals surface area contributed by atoms with Gasteiger partial charge in [0.05, 0.1) is 11.4 Å². The van der Waals surface area contributed by atoms with Crippen LogP contribution >= 0.6 is 34.4 Å². The highest BCUT2D eigenvalue weighted by molar-refractivity contribution is 14.1. The third kappa shape index (κ3) is 2.17. The van der Waals surface area contributed by atoms with E-state index in [-0.39, 0.29) is 5.56 Å². The Morgan fingerprint density at radius 3 is 2.94 bits per heavy atom. The van der Waals surface area contributed by atoms with Crippen LogP contribution < -0.4 is 5.56 Å². The zero-order chi connectivity index (χ0) is 12.5. The summed E-state index contributed by atoms with van der Waals surface area (Å²) in [4.78, 5) is 21.5. The zero-order valence-corrected chi connectivity index (χ0v) is 12.1. The van der Waals surface area contributed by atoms with Crippen LogP contribution in [0.2, 0.25) is 0 Å². The van der Waals surface area contributed by atoms with E-state index < -0.39 is 0 Å². The quantitative estimate of drug-likeness (QED) is 0.539. The first kappa shape index (κ1) is 11.8. The molecule has 0 amide bonds. The Labute approximate surface area is 120 Å². The van der Waals surface area contributed by atoms with Crippen LogP contribution in [0.25, 0.3) is 10.9 Å². The molecule has 0 aliphatic rings. The van der Waals surface area contributed by atoms with Crippen LogP contribution in [0.5, 0.6) is 0 Å². The number of H-pyrrole nitrogens is 2. The lowest BCUT2D eigenvalue weighted by atomic mass is 10.3. The fourth-order valence-corrected chi connectivity index (χ4v) is 3.11. The lowest BCUT2D eigenvalue weighted by Gasteiger charge is -1.99. The average molecular weight is 369 g/mol. The summed E-state index contributed by atoms with van der Waals surface area (Å²) in [5.74, 6) is 0. The van der Waals surface area contributed by atoms with Gasteiger partial charge in [-0.2, -0.15) is 0 Å². The second-order valence-corrected chi connectivity index (χ2v) is 5.78. The molecular weight excluding hydrogens is 361 g/mol. The highest BCUT2D eigenvalue weighted by Gasteiger charge is 2.08. The molecule has 0 aliphatic carbocycles. The highest BCUT2D eigenvalue weighted by Crippen LogP contribution is 2.29. The third-order valence-electron chi connectivity index (χ3n) is 2.48. The Morgan fingerprint density at radius 2 is 2.11 bits per heavy atom. The van der Waals surface area contributed by atoms with Crippen molar-refractivity contribution >= 4 is 45.3 Å². The molecular formula is C12H8IN3OS. The molecule has 2 heterocycles. The van der Waals surface area contributed by atoms with Crippen LogP contribution in [-0.2, 0) is 0 Å². The molecule has 2 aromatic heterocycles. The van der Waals surface area contributed by atoms with Crippen LogP contribution in [0, 0.1) is 3.57 Å². The van der Waals surface area contributed by atoms with Gasteiger partial charge in [0.1, 0.15) is 8.60 Å². The highest BCUT2D eigenvalue weighted by atomic mass is 127. The monoisotopic (exact) mass is 369 g/mol. The van der Waals surface area contributed by atoms with Crippen molar-refractivity contribution in [3.63, 3.8) is 0 Å². The van der Waals surface area contributed by atoms with Gasteiger partial charge in [0.15, 0.2) is 0 Å². The number of hydrogen-bond donors (Lipinski definition) is 2. The fraction of sp³-hybridized carbons (Fsp3) is 0. The molecule has 0 fully saturated rings. The molecule has 0 saturated carbocycles. The lowest BCUT2D eigenvalue weighted by Crippen LogP contribution is -2.10. The molecule has 1 aromatic carbocycles. The Morgan fingerprint density at radius 1 is 1.28 bits per heavy atom. The number of nitrogens with one attached hydrogen (secondary N) is 2. The summed E-state index contributed by atoms with van der Waals surface area (Å²) in [5, 5.41) is 2.85. The second kappa shape index (κ2) is 4.77. The predicted octanol–water partition coefficient (Wildman–Crippen LogP) is 3.01. The van der Waals surface area contributed by atoms with E-state index in [1.165, 1.54) is 18.1 Å². The Kier molecular flexibility index (Phi) is 3.13. The van der Waals surface area contributed by atoms with E-state index in [4.69, 9.17) is 0 Å². The van der Waals surface area contributed by atoms with Crippen LogP contribution in [0.1, 0.15) is 0 Å². The van der Waals surface area contributed by atoms with Crippen LogP contribution in [-0.4, -0.2) is 15.0 Å². The molecule has 0 saturated heterocycles. The van der Waals surface area contributed by atoms with Crippen LogP contribution in [0.3, 0.4) is 0 Å². The van der Waals surface area contributed by atoms with E-state index in [1.807, 2.05) is 46.9 Å². The number of aromatic amines is 2. The molecule has 0 aliphatic heterocycles. The number of fused-ring (bicyclic) bond motifs is 1. The van der Waals surface area contributed by atoms with Gasteiger partial charge in [0.25, 0.3) is 5.56 Å². The van der Waals surface area contributed by atoms with E-state index in [9.17, 15) is 4.79 Å². The number of rotatable bonds is 2. The zero-order valence-electron chi connectivity index (χ0n) is 9.11. The van der Waals surface area contributed by atoms with Crippen molar-refractivity contribution in [3.8, 4) is 0 Å². The molecule has 90 valence electrons. The topological polar surface area (TPSA) is 61.5 Å². The third-order valence-corrected chi connectivity index (χ3v) is 4.79. The average Bonchev–Trinajstić information content (AvgIpc) is 2.77. The number of benzene rings is 1. The van der Waals surface area contributed by atoms with E-state index in [1.54, 1.807) is 0 Å². The summed E-state index contributed by atoms with van der Waals surface area (Å²) >= 11 is 3.47. The first-order valence-electron chi connectivity index (χ1n) is 5.23. The number of hydrogen-bond acceptors (Lipinski definition) is 3. The van der Waals surface area contributed by atoms with Gasteiger partial charge < -0.3 is 9.97 Å². The Balaban J connectivity index is 2.01. The van der Waals surface area contributed by atoms with Crippen molar-refractivity contribution in [3.05, 3.63) is 50.6 Å². The molecule has 6 heteroatoms. The molecule has 18 heavy (non-hydrogen) atoms. The van der Waals surface area contributed by atoms with Crippen molar-refractivity contribution in [2.45, 2.75) is 10.1 Å². The number of para-hydroxylation sites is 1. The maximum atomic E-state index is 11.5. The van der Waals surface area contributed by atoms with Gasteiger partial charge in [-0.3, -0.25) is 4.79 Å². The van der Waals surface area contributed by atoms with Gasteiger partial charge in [-0.1, -0.05) is 30.0 Å². The molecule has 4 nitrogen and oxygen atoms in total. The largest absolute Gasteiger partial charge is 0.349 e. The van der Waals surface area contributed by atoms with Gasteiger partial charge in [-0.05, 0) is 34.7 Å². The standard InChI is InChI=1S/C12H8IN3OS/c13-10-11(17)14-6-15-12(10)18-9-5-7-3-1-2-4-8(7)16-9/h1-6,16H,(H,14,15,17). The second-order valence-electron chi connectivity index (χ2n) is 3.67. The van der Waals surface area contributed by atoms with Gasteiger partial charge in [-0.15, -0.1) is 0 Å². The van der Waals surface area contributed by atoms with Crippen molar-refractivity contribution in [2.24, 2.45) is 0 Å². The Bertz CT molecular complexity index is 732. The van der Waals surface area contributed by atoms with Crippen LogP contribution in [0.15, 0.2) is 51.5 Å². The number of nitrogens with zero attached hydrogens (tertiary/aromatic N) is 1. The smallest absolute Gasteiger partial charge is 0.265 e. The predicted molar refractivity (Wildman–Crippen MR) is 80.0 cm³/mol. The lowest BCUT2D eigenvalue weighted by molar-refractivity contribution is 0.985. The first-order valence-corrected chi connectivity index (χ1v) is 7.12. The summed E-state index contributed by atoms with van der Waals surface area (Å²) in [6, 6.07) is 10.1. The molecule has 3 aromatic rings. The minimum atomic E-state index is -0.107. The molecule has 0 bridgehead atoms. The van der Waals surface area contributed by atoms with Crippen molar-refractivity contribution < 1.29 is 0 Å². The van der Waals surface area contributed by atoms with Crippen molar-refractivity contribution in [1.82, 2.24) is 15.0 Å². The van der Waals surface area contributed by atoms with Crippen molar-refractivity contribution in [2.75, 3.05) is 0 Å². The summed E-state index contributed by atoms with van der Waals surface area (Å²) in [6.45, 7) is 0. The molecule has 2 N–H and O–H groups in total. The fourth-order valence-electron chi connectivity index (χ4n) is 1.64. The van der Waals surface area contributed by atoms with Crippen LogP contribution in [0.4, 0.5) is 0 Å². The minimum Gasteiger partial charge on any atom is -0.349 e. The van der Waals surface area contributed by atoms with E-state index in [0.717, 1.165) is 15.9 Å². The summed E-state index contributed by atoms with van der Waals surface area (Å²) in [5.41, 5.74) is 0.976. The van der Waals surface area contributed by atoms with Gasteiger partial charge in [0.2, 0.25) is 0 Å². The Hall–Kier alpha value is -1.28. The van der Waals surface area contributed by atoms with E-state index in [0.29, 0.717) is 8.60 Å².